The van der Waals surface area contributed by atoms with Crippen LogP contribution >= 0.6 is 0 Å². The summed E-state index contributed by atoms with van der Waals surface area (Å²) < 4.78 is 32.9. The van der Waals surface area contributed by atoms with Crippen molar-refractivity contribution in [3.63, 3.8) is 0 Å². The lowest BCUT2D eigenvalue weighted by Gasteiger charge is -2.14. The fraction of sp³-hybridized carbons (Fsp3) is 0.389. The predicted octanol–water partition coefficient (Wildman–Crippen LogP) is 3.55. The van der Waals surface area contributed by atoms with Crippen LogP contribution in [0.4, 0.5) is 11.5 Å². The van der Waals surface area contributed by atoms with Crippen molar-refractivity contribution < 1.29 is 13.2 Å². The van der Waals surface area contributed by atoms with Gasteiger partial charge in [-0.25, -0.2) is 13.4 Å². The van der Waals surface area contributed by atoms with Crippen molar-refractivity contribution in [1.29, 1.82) is 0 Å². The van der Waals surface area contributed by atoms with Gasteiger partial charge in [0.15, 0.2) is 0 Å². The Morgan fingerprint density at radius 3 is 2.52 bits per heavy atom. The molecule has 0 saturated heterocycles. The van der Waals surface area contributed by atoms with E-state index in [1.807, 2.05) is 0 Å². The van der Waals surface area contributed by atoms with Crippen molar-refractivity contribution in [3.05, 3.63) is 42.1 Å². The summed E-state index contributed by atoms with van der Waals surface area (Å²) in [5.41, 5.74) is 1.06. The summed E-state index contributed by atoms with van der Waals surface area (Å²) in [5, 5.41) is 3.38. The van der Waals surface area contributed by atoms with Gasteiger partial charge in [0.25, 0.3) is 10.0 Å². The normalized spacial score (nSPS) is 15.1. The SMILES string of the molecule is COc1ccc(S(=O)(=O)Nc2ccc(NC3CCCC3)nc2)c(C)c1. The van der Waals surface area contributed by atoms with Gasteiger partial charge in [-0.3, -0.25) is 4.72 Å². The molecule has 3 rings (SSSR count). The third-order valence-electron chi connectivity index (χ3n) is 4.39. The van der Waals surface area contributed by atoms with Gasteiger partial charge in [0.05, 0.1) is 23.9 Å². The highest BCUT2D eigenvalue weighted by Crippen LogP contribution is 2.24. The number of nitrogens with one attached hydrogen (secondary N) is 2. The predicted molar refractivity (Wildman–Crippen MR) is 98.7 cm³/mol. The molecule has 25 heavy (non-hydrogen) atoms. The Morgan fingerprint density at radius 2 is 1.92 bits per heavy atom. The zero-order valence-electron chi connectivity index (χ0n) is 14.5. The van der Waals surface area contributed by atoms with E-state index in [9.17, 15) is 8.42 Å². The molecule has 1 aliphatic rings. The maximum Gasteiger partial charge on any atom is 0.262 e. The molecule has 7 heteroatoms. The molecule has 0 unspecified atom stereocenters. The monoisotopic (exact) mass is 361 g/mol. The Kier molecular flexibility index (Phi) is 5.13. The topological polar surface area (TPSA) is 80.3 Å². The second-order valence-electron chi connectivity index (χ2n) is 6.29. The fourth-order valence-corrected chi connectivity index (χ4v) is 4.35. The summed E-state index contributed by atoms with van der Waals surface area (Å²) in [6.07, 6.45) is 6.35. The van der Waals surface area contributed by atoms with Crippen LogP contribution in [-0.4, -0.2) is 26.6 Å². The minimum atomic E-state index is -3.67. The molecule has 6 nitrogen and oxygen atoms in total. The van der Waals surface area contributed by atoms with Crippen molar-refractivity contribution in [3.8, 4) is 5.75 Å². The van der Waals surface area contributed by atoms with E-state index in [0.717, 1.165) is 18.7 Å². The standard InChI is InChI=1S/C18H23N3O3S/c1-13-11-16(24-2)8-9-17(13)25(22,23)21-15-7-10-18(19-12-15)20-14-5-3-4-6-14/h7-12,14,21H,3-6H2,1-2H3,(H,19,20). The molecule has 0 amide bonds. The summed E-state index contributed by atoms with van der Waals surface area (Å²) >= 11 is 0. The molecule has 1 heterocycles. The number of pyridine rings is 1. The average molecular weight is 361 g/mol. The summed E-state index contributed by atoms with van der Waals surface area (Å²) in [4.78, 5) is 4.54. The van der Waals surface area contributed by atoms with Crippen LogP contribution in [0.15, 0.2) is 41.4 Å². The summed E-state index contributed by atoms with van der Waals surface area (Å²) in [7, 11) is -2.12. The molecule has 1 aromatic heterocycles. The first-order valence-corrected chi connectivity index (χ1v) is 9.86. The van der Waals surface area contributed by atoms with E-state index in [4.69, 9.17) is 4.74 Å². The van der Waals surface area contributed by atoms with Crippen LogP contribution in [0, 0.1) is 6.92 Å². The van der Waals surface area contributed by atoms with E-state index >= 15 is 0 Å². The third-order valence-corrected chi connectivity index (χ3v) is 5.94. The van der Waals surface area contributed by atoms with Crippen LogP contribution in [0.1, 0.15) is 31.2 Å². The number of benzene rings is 1. The molecule has 2 N–H and O–H groups in total. The Bertz CT molecular complexity index is 829. The Hall–Kier alpha value is -2.28. The maximum atomic E-state index is 12.6. The molecule has 1 aromatic carbocycles. The molecule has 0 aliphatic heterocycles. The second-order valence-corrected chi connectivity index (χ2v) is 7.95. The van der Waals surface area contributed by atoms with Gasteiger partial charge < -0.3 is 10.1 Å². The maximum absolute atomic E-state index is 12.6. The van der Waals surface area contributed by atoms with Crippen molar-refractivity contribution in [1.82, 2.24) is 4.98 Å². The van der Waals surface area contributed by atoms with Gasteiger partial charge in [-0.05, 0) is 55.7 Å². The molecule has 134 valence electrons. The fourth-order valence-electron chi connectivity index (χ4n) is 3.08. The molecule has 1 aliphatic carbocycles. The Labute approximate surface area is 148 Å². The largest absolute Gasteiger partial charge is 0.497 e. The smallest absolute Gasteiger partial charge is 0.262 e. The number of hydrogen-bond acceptors (Lipinski definition) is 5. The number of rotatable bonds is 6. The third kappa shape index (κ3) is 4.22. The molecule has 0 bridgehead atoms. The van der Waals surface area contributed by atoms with Crippen molar-refractivity contribution in [2.75, 3.05) is 17.1 Å². The van der Waals surface area contributed by atoms with Gasteiger partial charge in [-0.15, -0.1) is 0 Å². The number of aromatic nitrogens is 1. The van der Waals surface area contributed by atoms with Gasteiger partial charge in [0.2, 0.25) is 0 Å². The number of nitrogens with zero attached hydrogens (tertiary/aromatic N) is 1. The van der Waals surface area contributed by atoms with E-state index in [1.54, 1.807) is 44.4 Å². The summed E-state index contributed by atoms with van der Waals surface area (Å²) in [6.45, 7) is 1.74. The Morgan fingerprint density at radius 1 is 1.16 bits per heavy atom. The first-order chi connectivity index (χ1) is 12.0. The summed E-state index contributed by atoms with van der Waals surface area (Å²) in [6, 6.07) is 8.87. The van der Waals surface area contributed by atoms with Gasteiger partial charge in [-0.1, -0.05) is 12.8 Å². The average Bonchev–Trinajstić information content (AvgIpc) is 3.09. The van der Waals surface area contributed by atoms with Crippen LogP contribution in [0.25, 0.3) is 0 Å². The number of anilines is 2. The van der Waals surface area contributed by atoms with E-state index < -0.39 is 10.0 Å². The lowest BCUT2D eigenvalue weighted by Crippen LogP contribution is -2.16. The summed E-state index contributed by atoms with van der Waals surface area (Å²) in [5.74, 6) is 1.40. The van der Waals surface area contributed by atoms with E-state index in [-0.39, 0.29) is 4.90 Å². The zero-order chi connectivity index (χ0) is 17.9. The van der Waals surface area contributed by atoms with Gasteiger partial charge >= 0.3 is 0 Å². The number of aryl methyl sites for hydroxylation is 1. The van der Waals surface area contributed by atoms with Crippen molar-refractivity contribution in [2.24, 2.45) is 0 Å². The number of sulfonamides is 1. The number of hydrogen-bond donors (Lipinski definition) is 2. The molecule has 2 aromatic rings. The Balaban J connectivity index is 1.72. The molecule has 1 fully saturated rings. The quantitative estimate of drug-likeness (QED) is 0.822. The van der Waals surface area contributed by atoms with Crippen molar-refractivity contribution in [2.45, 2.75) is 43.5 Å². The lowest BCUT2D eigenvalue weighted by molar-refractivity contribution is 0.414. The highest BCUT2D eigenvalue weighted by molar-refractivity contribution is 7.92. The highest BCUT2D eigenvalue weighted by Gasteiger charge is 2.18. The molecular formula is C18H23N3O3S. The number of methoxy groups -OCH3 is 1. The van der Waals surface area contributed by atoms with Crippen molar-refractivity contribution >= 4 is 21.5 Å². The van der Waals surface area contributed by atoms with E-state index in [2.05, 4.69) is 15.0 Å². The van der Waals surface area contributed by atoms with Gasteiger partial charge in [0, 0.05) is 6.04 Å². The molecule has 0 atom stereocenters. The van der Waals surface area contributed by atoms with Gasteiger partial charge in [-0.2, -0.15) is 0 Å². The molecule has 0 radical (unpaired) electrons. The van der Waals surface area contributed by atoms with Gasteiger partial charge in [0.1, 0.15) is 11.6 Å². The van der Waals surface area contributed by atoms with E-state index in [1.165, 1.54) is 19.0 Å². The van der Waals surface area contributed by atoms with Crippen LogP contribution in [0.3, 0.4) is 0 Å². The minimum Gasteiger partial charge on any atom is -0.497 e. The van der Waals surface area contributed by atoms with Crippen LogP contribution in [0.2, 0.25) is 0 Å². The first-order valence-electron chi connectivity index (χ1n) is 8.38. The number of ether oxygens (including phenoxy) is 1. The molecule has 0 spiro atoms. The first kappa shape index (κ1) is 17.5. The zero-order valence-corrected chi connectivity index (χ0v) is 15.3. The van der Waals surface area contributed by atoms with E-state index in [0.29, 0.717) is 23.0 Å². The lowest BCUT2D eigenvalue weighted by atomic mass is 10.2. The van der Waals surface area contributed by atoms with Crippen LogP contribution < -0.4 is 14.8 Å². The van der Waals surface area contributed by atoms with Crippen LogP contribution in [0.5, 0.6) is 5.75 Å². The molecular weight excluding hydrogens is 338 g/mol. The highest BCUT2D eigenvalue weighted by atomic mass is 32.2. The van der Waals surface area contributed by atoms with Crippen LogP contribution in [-0.2, 0) is 10.0 Å². The minimum absolute atomic E-state index is 0.224. The molecule has 1 saturated carbocycles. The second kappa shape index (κ2) is 7.31.